The van der Waals surface area contributed by atoms with E-state index in [0.717, 1.165) is 28.8 Å². The summed E-state index contributed by atoms with van der Waals surface area (Å²) in [5, 5.41) is 0.873. The minimum atomic E-state index is -4.15. The third-order valence-electron chi connectivity index (χ3n) is 3.27. The number of benzene rings is 1. The van der Waals surface area contributed by atoms with Crippen molar-refractivity contribution in [3.8, 4) is 0 Å². The molecule has 0 saturated carbocycles. The van der Waals surface area contributed by atoms with Crippen molar-refractivity contribution in [2.24, 2.45) is 0 Å². The largest absolute Gasteiger partial charge is 0.294 e. The van der Waals surface area contributed by atoms with Gasteiger partial charge in [-0.05, 0) is 30.7 Å². The summed E-state index contributed by atoms with van der Waals surface area (Å²) in [7, 11) is -5.99. The molecular formula is C13H22O3SSi. The van der Waals surface area contributed by atoms with Gasteiger partial charge < -0.3 is 0 Å². The predicted molar refractivity (Wildman–Crippen MR) is 77.9 cm³/mol. The summed E-state index contributed by atoms with van der Waals surface area (Å²) in [6, 6.07) is 4.59. The maximum absolute atomic E-state index is 11.6. The highest BCUT2D eigenvalue weighted by molar-refractivity contribution is 7.86. The van der Waals surface area contributed by atoms with Gasteiger partial charge in [0.15, 0.2) is 0 Å². The van der Waals surface area contributed by atoms with Crippen molar-refractivity contribution in [1.29, 1.82) is 0 Å². The van der Waals surface area contributed by atoms with Crippen LogP contribution in [-0.4, -0.2) is 21.0 Å². The second-order valence-electron chi connectivity index (χ2n) is 5.56. The smallest absolute Gasteiger partial charge is 0.282 e. The van der Waals surface area contributed by atoms with Gasteiger partial charge in [-0.1, -0.05) is 44.1 Å². The van der Waals surface area contributed by atoms with Gasteiger partial charge in [-0.3, -0.25) is 4.55 Å². The van der Waals surface area contributed by atoms with Crippen LogP contribution in [-0.2, 0) is 10.1 Å². The molecule has 102 valence electrons. The van der Waals surface area contributed by atoms with E-state index in [-0.39, 0.29) is 4.90 Å². The molecule has 0 atom stereocenters. The topological polar surface area (TPSA) is 54.4 Å². The van der Waals surface area contributed by atoms with Crippen molar-refractivity contribution in [3.63, 3.8) is 0 Å². The molecule has 1 rings (SSSR count). The lowest BCUT2D eigenvalue weighted by Gasteiger charge is -2.27. The molecule has 0 saturated heterocycles. The standard InChI is InChI=1S/C13H22O3SSi/c1-6-7-18(4,5)13-11(3)8-10(2)9-12(13)17(14,15)16/h8-9H,6-7H2,1-5H3,(H,14,15,16). The molecule has 1 aromatic carbocycles. The predicted octanol–water partition coefficient (Wildman–Crippen LogP) is 2.88. The Bertz CT molecular complexity index is 548. The van der Waals surface area contributed by atoms with E-state index in [9.17, 15) is 13.0 Å². The van der Waals surface area contributed by atoms with Crippen LogP contribution in [0.5, 0.6) is 0 Å². The first-order chi connectivity index (χ1) is 8.09. The molecule has 1 aromatic rings. The maximum Gasteiger partial charge on any atom is 0.294 e. The fourth-order valence-corrected chi connectivity index (χ4v) is 8.10. The highest BCUT2D eigenvalue weighted by Gasteiger charge is 2.31. The van der Waals surface area contributed by atoms with E-state index in [4.69, 9.17) is 0 Å². The molecule has 0 aliphatic carbocycles. The quantitative estimate of drug-likeness (QED) is 0.684. The summed E-state index contributed by atoms with van der Waals surface area (Å²) >= 11 is 0. The van der Waals surface area contributed by atoms with Gasteiger partial charge in [-0.2, -0.15) is 8.42 Å². The van der Waals surface area contributed by atoms with Gasteiger partial charge in [0.25, 0.3) is 10.1 Å². The van der Waals surface area contributed by atoms with Crippen molar-refractivity contribution in [3.05, 3.63) is 23.3 Å². The van der Waals surface area contributed by atoms with Crippen LogP contribution in [0.2, 0.25) is 19.1 Å². The molecule has 18 heavy (non-hydrogen) atoms. The van der Waals surface area contributed by atoms with Gasteiger partial charge in [-0.25, -0.2) is 0 Å². The van der Waals surface area contributed by atoms with Crippen molar-refractivity contribution in [1.82, 2.24) is 0 Å². The van der Waals surface area contributed by atoms with Gasteiger partial charge in [0.05, 0.1) is 13.0 Å². The Morgan fingerprint density at radius 2 is 1.78 bits per heavy atom. The van der Waals surface area contributed by atoms with Crippen LogP contribution in [0.4, 0.5) is 0 Å². The molecule has 0 aromatic heterocycles. The number of rotatable bonds is 4. The van der Waals surface area contributed by atoms with E-state index in [0.29, 0.717) is 0 Å². The Balaban J connectivity index is 3.62. The maximum atomic E-state index is 11.6. The Kier molecular flexibility index (Phi) is 4.41. The van der Waals surface area contributed by atoms with Crippen molar-refractivity contribution < 1.29 is 13.0 Å². The number of hydrogen-bond donors (Lipinski definition) is 1. The number of aryl methyl sites for hydroxylation is 2. The van der Waals surface area contributed by atoms with Gasteiger partial charge in [0.2, 0.25) is 0 Å². The fraction of sp³-hybridized carbons (Fsp3) is 0.538. The van der Waals surface area contributed by atoms with Crippen LogP contribution in [0, 0.1) is 13.8 Å². The summed E-state index contributed by atoms with van der Waals surface area (Å²) in [6.45, 7) is 10.2. The second-order valence-corrected chi connectivity index (χ2v) is 11.7. The van der Waals surface area contributed by atoms with Gasteiger partial charge >= 0.3 is 0 Å². The average molecular weight is 286 g/mol. The fourth-order valence-electron chi connectivity index (χ4n) is 2.75. The van der Waals surface area contributed by atoms with Crippen molar-refractivity contribution in [2.75, 3.05) is 0 Å². The molecule has 5 heteroatoms. The van der Waals surface area contributed by atoms with Crippen LogP contribution < -0.4 is 5.19 Å². The molecule has 0 unspecified atom stereocenters. The van der Waals surface area contributed by atoms with E-state index in [1.165, 1.54) is 0 Å². The van der Waals surface area contributed by atoms with Crippen LogP contribution in [0.3, 0.4) is 0 Å². The molecule has 0 radical (unpaired) electrons. The zero-order chi connectivity index (χ0) is 14.1. The third-order valence-corrected chi connectivity index (χ3v) is 8.10. The lowest BCUT2D eigenvalue weighted by Crippen LogP contribution is -2.45. The molecule has 0 amide bonds. The van der Waals surface area contributed by atoms with Gasteiger partial charge in [0.1, 0.15) is 0 Å². The lowest BCUT2D eigenvalue weighted by atomic mass is 10.2. The molecule has 0 bridgehead atoms. The Morgan fingerprint density at radius 3 is 2.22 bits per heavy atom. The van der Waals surface area contributed by atoms with Crippen molar-refractivity contribution >= 4 is 23.4 Å². The molecule has 0 spiro atoms. The van der Waals surface area contributed by atoms with E-state index < -0.39 is 18.2 Å². The summed E-state index contributed by atoms with van der Waals surface area (Å²) in [5.74, 6) is 0. The molecule has 0 heterocycles. The summed E-state index contributed by atoms with van der Waals surface area (Å²) in [6.07, 6.45) is 1.03. The first-order valence-corrected chi connectivity index (χ1v) is 10.8. The zero-order valence-electron chi connectivity index (χ0n) is 11.7. The zero-order valence-corrected chi connectivity index (χ0v) is 13.6. The van der Waals surface area contributed by atoms with Crippen LogP contribution in [0.25, 0.3) is 0 Å². The van der Waals surface area contributed by atoms with Gasteiger partial charge in [0, 0.05) is 0 Å². The van der Waals surface area contributed by atoms with E-state index in [1.807, 2.05) is 19.9 Å². The van der Waals surface area contributed by atoms with Crippen LogP contribution >= 0.6 is 0 Å². The second kappa shape index (κ2) is 5.15. The summed E-state index contributed by atoms with van der Waals surface area (Å²) in [4.78, 5) is 0.116. The van der Waals surface area contributed by atoms with E-state index in [2.05, 4.69) is 20.0 Å². The minimum Gasteiger partial charge on any atom is -0.282 e. The molecule has 0 aliphatic rings. The average Bonchev–Trinajstić information content (AvgIpc) is 2.13. The SMILES string of the molecule is CCC[Si](C)(C)c1c(C)cc(C)cc1S(=O)(=O)O. The van der Waals surface area contributed by atoms with Gasteiger partial charge in [-0.15, -0.1) is 0 Å². The third kappa shape index (κ3) is 3.21. The monoisotopic (exact) mass is 286 g/mol. The summed E-state index contributed by atoms with van der Waals surface area (Å²) in [5.41, 5.74) is 1.85. The highest BCUT2D eigenvalue weighted by atomic mass is 32.2. The normalized spacial score (nSPS) is 12.8. The Morgan fingerprint density at radius 1 is 1.22 bits per heavy atom. The molecule has 0 fully saturated rings. The van der Waals surface area contributed by atoms with Crippen molar-refractivity contribution in [2.45, 2.75) is 51.2 Å². The highest BCUT2D eigenvalue weighted by Crippen LogP contribution is 2.21. The Labute approximate surface area is 111 Å². The molecule has 3 nitrogen and oxygen atoms in total. The molecule has 0 aliphatic heterocycles. The molecular weight excluding hydrogens is 264 g/mol. The minimum absolute atomic E-state index is 0.116. The molecule has 1 N–H and O–H groups in total. The summed E-state index contributed by atoms with van der Waals surface area (Å²) < 4.78 is 32.6. The first kappa shape index (κ1) is 15.4. The Hall–Kier alpha value is -0.653. The van der Waals surface area contributed by atoms with Crippen LogP contribution in [0.15, 0.2) is 17.0 Å². The van der Waals surface area contributed by atoms with Crippen LogP contribution in [0.1, 0.15) is 24.5 Å². The number of hydrogen-bond acceptors (Lipinski definition) is 2. The first-order valence-electron chi connectivity index (χ1n) is 6.19. The van der Waals surface area contributed by atoms with E-state index in [1.54, 1.807) is 6.07 Å². The van der Waals surface area contributed by atoms with E-state index >= 15 is 0 Å². The lowest BCUT2D eigenvalue weighted by molar-refractivity contribution is 0.483.